The number of carbonyl (C=O) groups excluding carboxylic acids is 2. The van der Waals surface area contributed by atoms with Crippen molar-refractivity contribution in [3.8, 4) is 0 Å². The Hall–Kier alpha value is -2.79. The highest BCUT2D eigenvalue weighted by Gasteiger charge is 2.31. The number of furan rings is 1. The quantitative estimate of drug-likeness (QED) is 0.765. The number of hydrogen-bond acceptors (Lipinski definition) is 3. The number of nitrogens with zero attached hydrogens (tertiary/aromatic N) is 1. The summed E-state index contributed by atoms with van der Waals surface area (Å²) in [6.45, 7) is 0.894. The fraction of sp³-hybridized carbons (Fsp3) is 0.200. The molecule has 5 nitrogen and oxygen atoms in total. The number of rotatable bonds is 4. The number of carbonyl (C=O) groups is 2. The van der Waals surface area contributed by atoms with E-state index in [1.807, 2.05) is 42.5 Å². The molecule has 4 rings (SSSR count). The molecule has 26 heavy (non-hydrogen) atoms. The lowest BCUT2D eigenvalue weighted by Crippen LogP contribution is -2.36. The van der Waals surface area contributed by atoms with Crippen LogP contribution in [0.3, 0.4) is 0 Å². The summed E-state index contributed by atoms with van der Waals surface area (Å²) < 4.78 is 5.58. The van der Waals surface area contributed by atoms with Crippen molar-refractivity contribution in [2.24, 2.45) is 0 Å². The fourth-order valence-electron chi connectivity index (χ4n) is 3.20. The van der Waals surface area contributed by atoms with Crippen LogP contribution >= 0.6 is 11.6 Å². The van der Waals surface area contributed by atoms with Crippen LogP contribution in [0.5, 0.6) is 0 Å². The molecule has 2 heterocycles. The van der Waals surface area contributed by atoms with Crippen LogP contribution in [0.1, 0.15) is 22.5 Å². The topological polar surface area (TPSA) is 62.6 Å². The minimum Gasteiger partial charge on any atom is -0.451 e. The Morgan fingerprint density at radius 1 is 1.19 bits per heavy atom. The van der Waals surface area contributed by atoms with Crippen LogP contribution in [-0.4, -0.2) is 29.3 Å². The van der Waals surface area contributed by atoms with E-state index in [1.54, 1.807) is 17.0 Å². The predicted octanol–water partition coefficient (Wildman–Crippen LogP) is 3.62. The minimum atomic E-state index is -0.307. The van der Waals surface area contributed by atoms with E-state index in [-0.39, 0.29) is 30.0 Å². The molecule has 1 N–H and O–H groups in total. The normalized spacial score (nSPS) is 17.0. The maximum Gasteiger partial charge on any atom is 0.287 e. The number of para-hydroxylation sites is 1. The highest BCUT2D eigenvalue weighted by atomic mass is 35.5. The summed E-state index contributed by atoms with van der Waals surface area (Å²) in [4.78, 5) is 26.4. The average molecular weight is 369 g/mol. The third kappa shape index (κ3) is 3.30. The van der Waals surface area contributed by atoms with Gasteiger partial charge in [0.25, 0.3) is 5.91 Å². The van der Waals surface area contributed by atoms with Gasteiger partial charge >= 0.3 is 0 Å². The van der Waals surface area contributed by atoms with Gasteiger partial charge < -0.3 is 14.6 Å². The Balaban J connectivity index is 1.42. The fourth-order valence-corrected chi connectivity index (χ4v) is 3.40. The smallest absolute Gasteiger partial charge is 0.287 e. The van der Waals surface area contributed by atoms with Gasteiger partial charge in [-0.2, -0.15) is 0 Å². The largest absolute Gasteiger partial charge is 0.451 e. The number of nitrogens with one attached hydrogen (secondary N) is 1. The van der Waals surface area contributed by atoms with Gasteiger partial charge in [-0.25, -0.2) is 0 Å². The summed E-state index contributed by atoms with van der Waals surface area (Å²) in [7, 11) is 0. The monoisotopic (exact) mass is 368 g/mol. The molecule has 0 radical (unpaired) electrons. The summed E-state index contributed by atoms with van der Waals surface area (Å²) in [6.07, 6.45) is 0.274. The van der Waals surface area contributed by atoms with Crippen molar-refractivity contribution in [1.82, 2.24) is 10.2 Å². The van der Waals surface area contributed by atoms with E-state index in [2.05, 4.69) is 5.32 Å². The van der Waals surface area contributed by atoms with Gasteiger partial charge in [0.1, 0.15) is 5.58 Å². The molecule has 0 bridgehead atoms. The second kappa shape index (κ2) is 6.84. The number of benzene rings is 2. The Kier molecular flexibility index (Phi) is 4.39. The molecule has 0 unspecified atom stereocenters. The molecule has 0 saturated carbocycles. The Morgan fingerprint density at radius 2 is 1.96 bits per heavy atom. The lowest BCUT2D eigenvalue weighted by atomic mass is 10.2. The molecule has 0 aliphatic carbocycles. The lowest BCUT2D eigenvalue weighted by Gasteiger charge is -2.17. The van der Waals surface area contributed by atoms with E-state index >= 15 is 0 Å². The van der Waals surface area contributed by atoms with E-state index in [1.165, 1.54) is 0 Å². The predicted molar refractivity (Wildman–Crippen MR) is 99.0 cm³/mol. The number of halogens is 1. The first-order valence-electron chi connectivity index (χ1n) is 8.41. The van der Waals surface area contributed by atoms with Crippen LogP contribution in [0.15, 0.2) is 59.0 Å². The van der Waals surface area contributed by atoms with Crippen molar-refractivity contribution in [1.29, 1.82) is 0 Å². The van der Waals surface area contributed by atoms with Crippen LogP contribution in [-0.2, 0) is 11.3 Å². The molecule has 2 aromatic carbocycles. The summed E-state index contributed by atoms with van der Waals surface area (Å²) in [5.74, 6) is -0.0541. The van der Waals surface area contributed by atoms with E-state index in [0.717, 1.165) is 10.9 Å². The number of amides is 2. The van der Waals surface area contributed by atoms with Crippen molar-refractivity contribution < 1.29 is 14.0 Å². The molecule has 132 valence electrons. The first-order valence-corrected chi connectivity index (χ1v) is 8.78. The Morgan fingerprint density at radius 3 is 2.77 bits per heavy atom. The molecule has 1 atom stereocenters. The minimum absolute atomic E-state index is 0.000161. The van der Waals surface area contributed by atoms with Gasteiger partial charge in [-0.3, -0.25) is 9.59 Å². The summed E-state index contributed by atoms with van der Waals surface area (Å²) in [5, 5.41) is 4.40. The summed E-state index contributed by atoms with van der Waals surface area (Å²) in [5.41, 5.74) is 1.56. The molecule has 1 fully saturated rings. The van der Waals surface area contributed by atoms with Crippen molar-refractivity contribution in [2.75, 3.05) is 6.54 Å². The van der Waals surface area contributed by atoms with E-state index in [4.69, 9.17) is 16.0 Å². The van der Waals surface area contributed by atoms with Crippen molar-refractivity contribution >= 4 is 34.4 Å². The zero-order valence-electron chi connectivity index (χ0n) is 13.9. The first kappa shape index (κ1) is 16.7. The molecule has 0 spiro atoms. The standard InChI is InChI=1S/C20H17ClN2O3/c21-16-7-3-1-6-14(16)11-23-12-15(10-19(23)24)22-20(25)18-9-13-5-2-4-8-17(13)26-18/h1-9,15H,10-12H2,(H,22,25)/t15-/m0/s1. The molecule has 1 saturated heterocycles. The zero-order chi connectivity index (χ0) is 18.1. The van der Waals surface area contributed by atoms with Gasteiger partial charge in [0.15, 0.2) is 5.76 Å². The molecular formula is C20H17ClN2O3. The van der Waals surface area contributed by atoms with Crippen LogP contribution in [0.4, 0.5) is 0 Å². The lowest BCUT2D eigenvalue weighted by molar-refractivity contribution is -0.128. The Labute approximate surface area is 155 Å². The number of likely N-dealkylation sites (tertiary alicyclic amines) is 1. The van der Waals surface area contributed by atoms with Crippen LogP contribution in [0.25, 0.3) is 11.0 Å². The van der Waals surface area contributed by atoms with Crippen LogP contribution in [0, 0.1) is 0 Å². The summed E-state index contributed by atoms with van der Waals surface area (Å²) >= 11 is 6.17. The third-order valence-electron chi connectivity index (χ3n) is 4.52. The SMILES string of the molecule is O=C(N[C@H]1CC(=O)N(Cc2ccccc2Cl)C1)c1cc2ccccc2o1. The Bertz CT molecular complexity index is 949. The third-order valence-corrected chi connectivity index (χ3v) is 4.89. The zero-order valence-corrected chi connectivity index (χ0v) is 14.7. The first-order chi connectivity index (χ1) is 12.6. The van der Waals surface area contributed by atoms with Crippen LogP contribution < -0.4 is 5.32 Å². The number of hydrogen-bond donors (Lipinski definition) is 1. The van der Waals surface area contributed by atoms with E-state index < -0.39 is 0 Å². The van der Waals surface area contributed by atoms with Gasteiger partial charge in [0.05, 0.1) is 6.04 Å². The van der Waals surface area contributed by atoms with Gasteiger partial charge in [0.2, 0.25) is 5.91 Å². The van der Waals surface area contributed by atoms with Crippen molar-refractivity contribution in [3.05, 3.63) is 70.9 Å². The molecule has 1 aliphatic heterocycles. The molecule has 1 aromatic heterocycles. The van der Waals surface area contributed by atoms with E-state index in [9.17, 15) is 9.59 Å². The maximum atomic E-state index is 12.4. The molecule has 6 heteroatoms. The van der Waals surface area contributed by atoms with Crippen molar-refractivity contribution in [2.45, 2.75) is 19.0 Å². The summed E-state index contributed by atoms with van der Waals surface area (Å²) in [6, 6.07) is 16.4. The van der Waals surface area contributed by atoms with Gasteiger partial charge in [0, 0.05) is 29.9 Å². The molecule has 1 aliphatic rings. The number of fused-ring (bicyclic) bond motifs is 1. The molecule has 3 aromatic rings. The van der Waals surface area contributed by atoms with Gasteiger partial charge in [-0.15, -0.1) is 0 Å². The van der Waals surface area contributed by atoms with Crippen molar-refractivity contribution in [3.63, 3.8) is 0 Å². The van der Waals surface area contributed by atoms with Gasteiger partial charge in [-0.1, -0.05) is 48.0 Å². The highest BCUT2D eigenvalue weighted by molar-refractivity contribution is 6.31. The maximum absolute atomic E-state index is 12.4. The van der Waals surface area contributed by atoms with Gasteiger partial charge in [-0.05, 0) is 23.8 Å². The molecular weight excluding hydrogens is 352 g/mol. The van der Waals surface area contributed by atoms with E-state index in [0.29, 0.717) is 23.7 Å². The molecule has 2 amide bonds. The highest BCUT2D eigenvalue weighted by Crippen LogP contribution is 2.22. The second-order valence-electron chi connectivity index (χ2n) is 6.39. The average Bonchev–Trinajstić information content (AvgIpc) is 3.20. The van der Waals surface area contributed by atoms with Crippen LogP contribution in [0.2, 0.25) is 5.02 Å². The second-order valence-corrected chi connectivity index (χ2v) is 6.80.